The SMILES string of the molecule is O=C1/C(=C\c2nc3oc(-c4ccccc4)cc3s2)S(=O)(=O)c2ccccc21. The van der Waals surface area contributed by atoms with Crippen molar-refractivity contribution in [2.24, 2.45) is 0 Å². The van der Waals surface area contributed by atoms with Crippen molar-refractivity contribution in [1.29, 1.82) is 0 Å². The second kappa shape index (κ2) is 5.73. The maximum absolute atomic E-state index is 12.7. The summed E-state index contributed by atoms with van der Waals surface area (Å²) in [7, 11) is -3.82. The van der Waals surface area contributed by atoms with Crippen LogP contribution in [0.4, 0.5) is 0 Å². The van der Waals surface area contributed by atoms with Gasteiger partial charge < -0.3 is 4.42 Å². The van der Waals surface area contributed by atoms with Crippen molar-refractivity contribution < 1.29 is 17.6 Å². The highest BCUT2D eigenvalue weighted by Gasteiger charge is 2.39. The minimum Gasteiger partial charge on any atom is -0.437 e. The summed E-state index contributed by atoms with van der Waals surface area (Å²) in [5.41, 5.74) is 1.56. The topological polar surface area (TPSA) is 77.2 Å². The van der Waals surface area contributed by atoms with E-state index in [0.717, 1.165) is 10.3 Å². The number of thiazole rings is 1. The number of Topliss-reactive ketones (excluding diaryl/α,β-unsaturated/α-hetero) is 1. The molecule has 0 saturated carbocycles. The van der Waals surface area contributed by atoms with Crippen LogP contribution in [0, 0.1) is 0 Å². The van der Waals surface area contributed by atoms with Crippen LogP contribution in [0.25, 0.3) is 27.8 Å². The minimum atomic E-state index is -3.82. The summed E-state index contributed by atoms with van der Waals surface area (Å²) >= 11 is 1.28. The normalized spacial score (nSPS) is 16.9. The lowest BCUT2D eigenvalue weighted by Gasteiger charge is -1.95. The number of furan rings is 1. The molecule has 0 amide bonds. The molecule has 0 N–H and O–H groups in total. The molecule has 7 heteroatoms. The van der Waals surface area contributed by atoms with Crippen LogP contribution in [0.2, 0.25) is 0 Å². The Hall–Kier alpha value is -3.03. The fourth-order valence-electron chi connectivity index (χ4n) is 3.07. The first-order valence-electron chi connectivity index (χ1n) is 8.10. The maximum atomic E-state index is 12.7. The van der Waals surface area contributed by atoms with Crippen molar-refractivity contribution >= 4 is 43.4 Å². The predicted molar refractivity (Wildman–Crippen MR) is 103 cm³/mol. The second-order valence-corrected chi connectivity index (χ2v) is 8.98. The summed E-state index contributed by atoms with van der Waals surface area (Å²) in [5.74, 6) is 0.197. The van der Waals surface area contributed by atoms with Crippen LogP contribution in [-0.2, 0) is 9.84 Å². The molecule has 1 aliphatic rings. The van der Waals surface area contributed by atoms with Crippen molar-refractivity contribution in [3.8, 4) is 11.3 Å². The lowest BCUT2D eigenvalue weighted by molar-refractivity contribution is 0.104. The van der Waals surface area contributed by atoms with Gasteiger partial charge in [0, 0.05) is 17.2 Å². The van der Waals surface area contributed by atoms with Crippen molar-refractivity contribution in [3.63, 3.8) is 0 Å². The zero-order chi connectivity index (χ0) is 18.6. The Morgan fingerprint density at radius 3 is 2.48 bits per heavy atom. The molecule has 3 heterocycles. The third-order valence-corrected chi connectivity index (χ3v) is 7.10. The van der Waals surface area contributed by atoms with Gasteiger partial charge in [0.25, 0.3) is 0 Å². The number of carbonyl (C=O) groups is 1. The summed E-state index contributed by atoms with van der Waals surface area (Å²) in [5, 5.41) is 0.420. The molecule has 132 valence electrons. The average molecular weight is 393 g/mol. The number of hydrogen-bond acceptors (Lipinski definition) is 6. The number of allylic oxidation sites excluding steroid dienone is 1. The summed E-state index contributed by atoms with van der Waals surface area (Å²) in [6.45, 7) is 0. The van der Waals surface area contributed by atoms with E-state index in [1.54, 1.807) is 12.1 Å². The van der Waals surface area contributed by atoms with Gasteiger partial charge in [-0.15, -0.1) is 11.3 Å². The molecule has 0 bridgehead atoms. The lowest BCUT2D eigenvalue weighted by atomic mass is 10.1. The van der Waals surface area contributed by atoms with Crippen LogP contribution in [0.1, 0.15) is 15.4 Å². The predicted octanol–water partition coefficient (Wildman–Crippen LogP) is 4.57. The van der Waals surface area contributed by atoms with Gasteiger partial charge in [-0.25, -0.2) is 13.4 Å². The number of fused-ring (bicyclic) bond motifs is 2. The monoisotopic (exact) mass is 393 g/mol. The van der Waals surface area contributed by atoms with E-state index in [4.69, 9.17) is 4.42 Å². The second-order valence-electron chi connectivity index (χ2n) is 6.04. The molecule has 2 aromatic carbocycles. The zero-order valence-corrected chi connectivity index (χ0v) is 15.4. The smallest absolute Gasteiger partial charge is 0.238 e. The Labute approximate surface area is 158 Å². The first-order valence-corrected chi connectivity index (χ1v) is 10.4. The van der Waals surface area contributed by atoms with E-state index in [9.17, 15) is 13.2 Å². The van der Waals surface area contributed by atoms with Crippen LogP contribution >= 0.6 is 11.3 Å². The van der Waals surface area contributed by atoms with Gasteiger partial charge in [0.15, 0.2) is 0 Å². The van der Waals surface area contributed by atoms with Gasteiger partial charge in [0.05, 0.1) is 9.60 Å². The molecular formula is C20H11NO4S2. The third-order valence-electron chi connectivity index (χ3n) is 4.35. The van der Waals surface area contributed by atoms with E-state index < -0.39 is 15.6 Å². The molecule has 1 aliphatic heterocycles. The molecule has 2 aromatic heterocycles. The number of hydrogen-bond donors (Lipinski definition) is 0. The molecule has 0 spiro atoms. The molecule has 0 unspecified atom stereocenters. The van der Waals surface area contributed by atoms with Gasteiger partial charge >= 0.3 is 0 Å². The fraction of sp³-hybridized carbons (Fsp3) is 0. The Morgan fingerprint density at radius 1 is 1.00 bits per heavy atom. The van der Waals surface area contributed by atoms with Crippen LogP contribution in [0.3, 0.4) is 0 Å². The molecule has 0 aliphatic carbocycles. The maximum Gasteiger partial charge on any atom is 0.238 e. The standard InChI is InChI=1S/C20H11NO4S2/c22-19-13-8-4-5-9-16(13)27(23,24)17(19)11-18-21-20-15(26-18)10-14(25-20)12-6-2-1-3-7-12/h1-11H/b17-11+. The van der Waals surface area contributed by atoms with Gasteiger partial charge in [0.1, 0.15) is 15.7 Å². The van der Waals surface area contributed by atoms with Crippen LogP contribution in [0.5, 0.6) is 0 Å². The summed E-state index contributed by atoms with van der Waals surface area (Å²) in [6.07, 6.45) is 1.33. The lowest BCUT2D eigenvalue weighted by Crippen LogP contribution is -2.01. The summed E-state index contributed by atoms with van der Waals surface area (Å²) < 4.78 is 31.9. The van der Waals surface area contributed by atoms with Gasteiger partial charge in [-0.1, -0.05) is 42.5 Å². The van der Waals surface area contributed by atoms with Gasteiger partial charge in [-0.3, -0.25) is 4.79 Å². The van der Waals surface area contributed by atoms with Crippen molar-refractivity contribution in [2.75, 3.05) is 0 Å². The fourth-order valence-corrected chi connectivity index (χ4v) is 5.59. The quantitative estimate of drug-likeness (QED) is 0.466. The first-order chi connectivity index (χ1) is 13.0. The van der Waals surface area contributed by atoms with E-state index in [1.807, 2.05) is 36.4 Å². The van der Waals surface area contributed by atoms with Crippen LogP contribution in [0.15, 0.2) is 74.9 Å². The minimum absolute atomic E-state index is 0.0489. The highest BCUT2D eigenvalue weighted by Crippen LogP contribution is 2.37. The molecule has 5 rings (SSSR count). The summed E-state index contributed by atoms with van der Waals surface area (Å²) in [4.78, 5) is 16.7. The molecule has 0 saturated heterocycles. The molecule has 5 nitrogen and oxygen atoms in total. The number of carbonyl (C=O) groups excluding carboxylic acids is 1. The Balaban J connectivity index is 1.57. The highest BCUT2D eigenvalue weighted by atomic mass is 32.2. The highest BCUT2D eigenvalue weighted by molar-refractivity contribution is 7.97. The van der Waals surface area contributed by atoms with E-state index in [2.05, 4.69) is 4.98 Å². The number of nitrogens with zero attached hydrogens (tertiary/aromatic N) is 1. The number of sulfone groups is 1. The number of aromatic nitrogens is 1. The van der Waals surface area contributed by atoms with Crippen molar-refractivity contribution in [1.82, 2.24) is 4.98 Å². The Morgan fingerprint density at radius 2 is 1.74 bits per heavy atom. The number of rotatable bonds is 2. The van der Waals surface area contributed by atoms with Gasteiger partial charge in [-0.05, 0) is 18.2 Å². The Bertz CT molecular complexity index is 1310. The van der Waals surface area contributed by atoms with Gasteiger partial charge in [-0.2, -0.15) is 0 Å². The molecular weight excluding hydrogens is 382 g/mol. The first kappa shape index (κ1) is 16.2. The van der Waals surface area contributed by atoms with E-state index in [-0.39, 0.29) is 15.4 Å². The molecule has 0 fully saturated rings. The van der Waals surface area contributed by atoms with Gasteiger partial charge in [0.2, 0.25) is 21.3 Å². The molecule has 27 heavy (non-hydrogen) atoms. The van der Waals surface area contributed by atoms with Crippen molar-refractivity contribution in [3.05, 3.63) is 76.1 Å². The zero-order valence-electron chi connectivity index (χ0n) is 13.7. The Kier molecular flexibility index (Phi) is 3.43. The number of benzene rings is 2. The van der Waals surface area contributed by atoms with E-state index in [1.165, 1.54) is 29.5 Å². The van der Waals surface area contributed by atoms with E-state index >= 15 is 0 Å². The molecule has 4 aromatic rings. The number of ketones is 1. The van der Waals surface area contributed by atoms with E-state index in [0.29, 0.717) is 16.5 Å². The van der Waals surface area contributed by atoms with Crippen LogP contribution in [-0.4, -0.2) is 19.2 Å². The average Bonchev–Trinajstić information content (AvgIpc) is 3.29. The molecule has 0 radical (unpaired) electrons. The third kappa shape index (κ3) is 2.47. The van der Waals surface area contributed by atoms with Crippen molar-refractivity contribution in [2.45, 2.75) is 4.90 Å². The van der Waals surface area contributed by atoms with Crippen LogP contribution < -0.4 is 0 Å². The molecule has 0 atom stereocenters. The largest absolute Gasteiger partial charge is 0.437 e. The summed E-state index contributed by atoms with van der Waals surface area (Å²) in [6, 6.07) is 17.7.